The molecular formula is C18H25N3O2. The fourth-order valence-electron chi connectivity index (χ4n) is 2.54. The van der Waals surface area contributed by atoms with E-state index in [2.05, 4.69) is 12.2 Å². The first-order chi connectivity index (χ1) is 11.0. The Bertz CT molecular complexity index is 765. The molecule has 0 bridgehead atoms. The molecule has 0 aliphatic rings. The van der Waals surface area contributed by atoms with Crippen molar-refractivity contribution < 1.29 is 4.79 Å². The van der Waals surface area contributed by atoms with E-state index in [9.17, 15) is 9.59 Å². The number of unbranched alkanes of at least 4 members (excludes halogenated alkanes) is 1. The lowest BCUT2D eigenvalue weighted by atomic mass is 10.1. The van der Waals surface area contributed by atoms with Gasteiger partial charge < -0.3 is 15.6 Å². The molecule has 5 heteroatoms. The van der Waals surface area contributed by atoms with Crippen LogP contribution in [0.4, 0.5) is 5.69 Å². The van der Waals surface area contributed by atoms with Crippen LogP contribution in [0.25, 0.3) is 10.9 Å². The molecule has 0 saturated heterocycles. The highest BCUT2D eigenvalue weighted by molar-refractivity contribution is 6.00. The highest BCUT2D eigenvalue weighted by Crippen LogP contribution is 2.19. The summed E-state index contributed by atoms with van der Waals surface area (Å²) < 4.78 is 1.96. The summed E-state index contributed by atoms with van der Waals surface area (Å²) in [5, 5.41) is 3.29. The summed E-state index contributed by atoms with van der Waals surface area (Å²) in [4.78, 5) is 25.2. The second kappa shape index (κ2) is 7.31. The molecule has 2 aromatic rings. The first-order valence-electron chi connectivity index (χ1n) is 8.22. The average molecular weight is 315 g/mol. The smallest absolute Gasteiger partial charge is 0.256 e. The molecule has 1 aromatic heterocycles. The first kappa shape index (κ1) is 17.1. The molecule has 2 rings (SSSR count). The Morgan fingerprint density at radius 3 is 2.74 bits per heavy atom. The normalized spacial score (nSPS) is 12.3. The Balaban J connectivity index is 2.61. The Labute approximate surface area is 136 Å². The van der Waals surface area contributed by atoms with Crippen LogP contribution in [0, 0.1) is 0 Å². The van der Waals surface area contributed by atoms with Crippen molar-refractivity contribution in [1.82, 2.24) is 9.88 Å². The van der Waals surface area contributed by atoms with E-state index in [1.54, 1.807) is 12.3 Å². The molecule has 0 aliphatic heterocycles. The van der Waals surface area contributed by atoms with Gasteiger partial charge in [-0.15, -0.1) is 0 Å². The summed E-state index contributed by atoms with van der Waals surface area (Å²) in [7, 11) is 0. The molecule has 0 spiro atoms. The lowest BCUT2D eigenvalue weighted by molar-refractivity contribution is 0.0937. The predicted octanol–water partition coefficient (Wildman–Crippen LogP) is 2.91. The molecule has 0 radical (unpaired) electrons. The number of hydrogen-bond donors (Lipinski definition) is 2. The molecule has 1 heterocycles. The zero-order valence-electron chi connectivity index (χ0n) is 14.1. The van der Waals surface area contributed by atoms with Crippen LogP contribution in [-0.2, 0) is 6.54 Å². The van der Waals surface area contributed by atoms with E-state index in [1.165, 1.54) is 0 Å². The number of nitrogens with one attached hydrogen (secondary N) is 1. The standard InChI is InChI=1S/C18H25N3O2/c1-4-6-10-21-11-13(18(23)20-12(3)5-2)17(22)16-14(19)8-7-9-15(16)21/h7-9,11-12H,4-6,10,19H2,1-3H3,(H,20,23). The lowest BCUT2D eigenvalue weighted by Crippen LogP contribution is -2.35. The fraction of sp³-hybridized carbons (Fsp3) is 0.444. The summed E-state index contributed by atoms with van der Waals surface area (Å²) >= 11 is 0. The molecule has 23 heavy (non-hydrogen) atoms. The topological polar surface area (TPSA) is 77.1 Å². The van der Waals surface area contributed by atoms with Crippen molar-refractivity contribution in [1.29, 1.82) is 0 Å². The van der Waals surface area contributed by atoms with Gasteiger partial charge in [0.1, 0.15) is 5.56 Å². The summed E-state index contributed by atoms with van der Waals surface area (Å²) in [5.74, 6) is -0.334. The number of fused-ring (bicyclic) bond motifs is 1. The Morgan fingerprint density at radius 1 is 1.35 bits per heavy atom. The zero-order chi connectivity index (χ0) is 17.0. The van der Waals surface area contributed by atoms with Crippen LogP contribution in [0.15, 0.2) is 29.2 Å². The maximum Gasteiger partial charge on any atom is 0.256 e. The fourth-order valence-corrected chi connectivity index (χ4v) is 2.54. The van der Waals surface area contributed by atoms with Crippen LogP contribution in [0.3, 0.4) is 0 Å². The predicted molar refractivity (Wildman–Crippen MR) is 94.7 cm³/mol. The third kappa shape index (κ3) is 3.55. The molecule has 3 N–H and O–H groups in total. The number of rotatable bonds is 6. The molecule has 1 amide bonds. The molecule has 0 saturated carbocycles. The molecule has 5 nitrogen and oxygen atoms in total. The van der Waals surface area contributed by atoms with E-state index in [1.807, 2.05) is 30.5 Å². The van der Waals surface area contributed by atoms with Gasteiger partial charge in [-0.25, -0.2) is 0 Å². The number of aromatic nitrogens is 1. The maximum atomic E-state index is 12.7. The summed E-state index contributed by atoms with van der Waals surface area (Å²) in [6, 6.07) is 5.43. The minimum absolute atomic E-state index is 0.0230. The number of aryl methyl sites for hydroxylation is 1. The van der Waals surface area contributed by atoms with Gasteiger partial charge in [-0.2, -0.15) is 0 Å². The number of nitrogens with zero attached hydrogens (tertiary/aromatic N) is 1. The third-order valence-electron chi connectivity index (χ3n) is 4.13. The molecule has 0 aliphatic carbocycles. The van der Waals surface area contributed by atoms with Gasteiger partial charge in [0.25, 0.3) is 5.91 Å². The number of anilines is 1. The molecule has 0 fully saturated rings. The minimum Gasteiger partial charge on any atom is -0.398 e. The quantitative estimate of drug-likeness (QED) is 0.805. The van der Waals surface area contributed by atoms with Gasteiger partial charge in [0.15, 0.2) is 0 Å². The van der Waals surface area contributed by atoms with Crippen LogP contribution in [0.2, 0.25) is 0 Å². The van der Waals surface area contributed by atoms with Crippen LogP contribution < -0.4 is 16.5 Å². The monoisotopic (exact) mass is 315 g/mol. The van der Waals surface area contributed by atoms with Crippen molar-refractivity contribution in [2.45, 2.75) is 52.6 Å². The maximum absolute atomic E-state index is 12.7. The number of benzene rings is 1. The number of hydrogen-bond acceptors (Lipinski definition) is 3. The third-order valence-corrected chi connectivity index (χ3v) is 4.13. The summed E-state index contributed by atoms with van der Waals surface area (Å²) in [6.07, 6.45) is 4.48. The van der Waals surface area contributed by atoms with Crippen LogP contribution in [-0.4, -0.2) is 16.5 Å². The largest absolute Gasteiger partial charge is 0.398 e. The molecule has 1 unspecified atom stereocenters. The van der Waals surface area contributed by atoms with Gasteiger partial charge in [-0.1, -0.05) is 26.3 Å². The average Bonchev–Trinajstić information content (AvgIpc) is 2.53. The Kier molecular flexibility index (Phi) is 5.42. The Morgan fingerprint density at radius 2 is 2.09 bits per heavy atom. The number of nitrogens with two attached hydrogens (primary N) is 1. The molecule has 124 valence electrons. The van der Waals surface area contributed by atoms with E-state index in [-0.39, 0.29) is 22.9 Å². The zero-order valence-corrected chi connectivity index (χ0v) is 14.1. The van der Waals surface area contributed by atoms with E-state index >= 15 is 0 Å². The molecule has 1 aromatic carbocycles. The van der Waals surface area contributed by atoms with Crippen molar-refractivity contribution in [2.75, 3.05) is 5.73 Å². The number of amides is 1. The number of pyridine rings is 1. The van der Waals surface area contributed by atoms with Crippen molar-refractivity contribution in [2.24, 2.45) is 0 Å². The van der Waals surface area contributed by atoms with Crippen LogP contribution in [0.5, 0.6) is 0 Å². The number of carbonyl (C=O) groups is 1. The van der Waals surface area contributed by atoms with E-state index in [0.29, 0.717) is 11.1 Å². The van der Waals surface area contributed by atoms with Crippen molar-refractivity contribution in [3.63, 3.8) is 0 Å². The van der Waals surface area contributed by atoms with Gasteiger partial charge in [0.05, 0.1) is 10.9 Å². The van der Waals surface area contributed by atoms with E-state index in [0.717, 1.165) is 31.3 Å². The second-order valence-corrected chi connectivity index (χ2v) is 5.94. The minimum atomic E-state index is -0.334. The van der Waals surface area contributed by atoms with Gasteiger partial charge in [-0.3, -0.25) is 9.59 Å². The van der Waals surface area contributed by atoms with Gasteiger partial charge in [0, 0.05) is 24.5 Å². The SMILES string of the molecule is CCCCn1cc(C(=O)NC(C)CC)c(=O)c2c(N)cccc21. The first-order valence-corrected chi connectivity index (χ1v) is 8.22. The van der Waals surface area contributed by atoms with Gasteiger partial charge in [-0.05, 0) is 31.9 Å². The van der Waals surface area contributed by atoms with Gasteiger partial charge in [0.2, 0.25) is 5.43 Å². The van der Waals surface area contributed by atoms with E-state index < -0.39 is 0 Å². The molecule has 1 atom stereocenters. The lowest BCUT2D eigenvalue weighted by Gasteiger charge is -2.16. The second-order valence-electron chi connectivity index (χ2n) is 5.94. The number of carbonyl (C=O) groups excluding carboxylic acids is 1. The highest BCUT2D eigenvalue weighted by Gasteiger charge is 2.17. The van der Waals surface area contributed by atoms with Crippen LogP contribution >= 0.6 is 0 Å². The van der Waals surface area contributed by atoms with E-state index in [4.69, 9.17) is 5.73 Å². The number of nitrogen functional groups attached to an aromatic ring is 1. The molecular weight excluding hydrogens is 290 g/mol. The van der Waals surface area contributed by atoms with Crippen molar-refractivity contribution in [3.8, 4) is 0 Å². The van der Waals surface area contributed by atoms with Crippen molar-refractivity contribution in [3.05, 3.63) is 40.2 Å². The highest BCUT2D eigenvalue weighted by atomic mass is 16.2. The van der Waals surface area contributed by atoms with Gasteiger partial charge >= 0.3 is 0 Å². The van der Waals surface area contributed by atoms with Crippen LogP contribution in [0.1, 0.15) is 50.4 Å². The summed E-state index contributed by atoms with van der Waals surface area (Å²) in [6.45, 7) is 6.77. The Hall–Kier alpha value is -2.30. The summed E-state index contributed by atoms with van der Waals surface area (Å²) in [5.41, 5.74) is 7.06. The van der Waals surface area contributed by atoms with Crippen molar-refractivity contribution >= 4 is 22.5 Å².